The van der Waals surface area contributed by atoms with Gasteiger partial charge in [-0.15, -0.1) is 0 Å². The van der Waals surface area contributed by atoms with Gasteiger partial charge in [-0.2, -0.15) is 0 Å². The molecule has 5 atom stereocenters. The van der Waals surface area contributed by atoms with Crippen LogP contribution in [0.4, 0.5) is 0 Å². The lowest BCUT2D eigenvalue weighted by molar-refractivity contribution is -0.220. The average Bonchev–Trinajstić information content (AvgIpc) is 2.97. The number of methoxy groups -OCH3 is 1. The van der Waals surface area contributed by atoms with Gasteiger partial charge in [0, 0.05) is 13.2 Å². The third-order valence-corrected chi connectivity index (χ3v) is 4.32. The van der Waals surface area contributed by atoms with Crippen molar-refractivity contribution in [1.82, 2.24) is 5.32 Å². The molecule has 0 aliphatic carbocycles. The highest BCUT2D eigenvalue weighted by Gasteiger charge is 2.56. The molecule has 0 radical (unpaired) electrons. The van der Waals surface area contributed by atoms with Gasteiger partial charge in [-0.25, -0.2) is 0 Å². The monoisotopic (exact) mass is 345 g/mol. The number of nitrogens with one attached hydrogen (secondary N) is 1. The zero-order chi connectivity index (χ0) is 17.7. The van der Waals surface area contributed by atoms with Gasteiger partial charge in [-0.3, -0.25) is 4.79 Å². The van der Waals surface area contributed by atoms with Crippen LogP contribution in [0.5, 0.6) is 0 Å². The normalized spacial score (nSPS) is 32.5. The smallest absolute Gasteiger partial charge is 0.307 e. The maximum atomic E-state index is 12.0. The zero-order valence-corrected chi connectivity index (χ0v) is 15.4. The van der Waals surface area contributed by atoms with Crippen LogP contribution >= 0.6 is 0 Å². The summed E-state index contributed by atoms with van der Waals surface area (Å²) in [5.74, 6) is -0.937. The van der Waals surface area contributed by atoms with Crippen LogP contribution in [0, 0.1) is 0 Å². The molecule has 1 N–H and O–H groups in total. The number of fused-ring (bicyclic) bond motifs is 1. The minimum absolute atomic E-state index is 0.207. The molecule has 0 aromatic heterocycles. The first-order valence-electron chi connectivity index (χ1n) is 8.84. The number of carbonyl (C=O) groups excluding carboxylic acids is 1. The predicted octanol–water partition coefficient (Wildman–Crippen LogP) is 1.59. The number of hydrogen-bond acceptors (Lipinski definition) is 7. The summed E-state index contributed by atoms with van der Waals surface area (Å²) in [4.78, 5) is 12.0. The second-order valence-corrected chi connectivity index (χ2v) is 6.69. The van der Waals surface area contributed by atoms with E-state index in [-0.39, 0.29) is 36.7 Å². The van der Waals surface area contributed by atoms with Crippen LogP contribution in [0.15, 0.2) is 0 Å². The van der Waals surface area contributed by atoms with Crippen LogP contribution in [0.3, 0.4) is 0 Å². The molecular weight excluding hydrogens is 314 g/mol. The molecule has 2 heterocycles. The maximum Gasteiger partial charge on any atom is 0.307 e. The summed E-state index contributed by atoms with van der Waals surface area (Å²) in [5, 5.41) is 3.41. The molecule has 0 saturated carbocycles. The van der Waals surface area contributed by atoms with Crippen molar-refractivity contribution in [2.75, 3.05) is 20.3 Å². The molecule has 2 aliphatic heterocycles. The van der Waals surface area contributed by atoms with Crippen molar-refractivity contribution in [2.24, 2.45) is 0 Å². The molecule has 7 nitrogen and oxygen atoms in total. The van der Waals surface area contributed by atoms with E-state index in [4.69, 9.17) is 23.7 Å². The Kier molecular flexibility index (Phi) is 7.00. The van der Waals surface area contributed by atoms with Gasteiger partial charge in [0.25, 0.3) is 0 Å². The van der Waals surface area contributed by atoms with Crippen LogP contribution < -0.4 is 5.32 Å². The van der Waals surface area contributed by atoms with Crippen LogP contribution in [-0.2, 0) is 28.5 Å². The van der Waals surface area contributed by atoms with E-state index in [0.29, 0.717) is 6.61 Å². The Labute approximate surface area is 144 Å². The van der Waals surface area contributed by atoms with Crippen molar-refractivity contribution in [1.29, 1.82) is 0 Å². The number of ether oxygens (including phenoxy) is 5. The van der Waals surface area contributed by atoms with Gasteiger partial charge >= 0.3 is 5.97 Å². The lowest BCUT2D eigenvalue weighted by Crippen LogP contribution is -2.49. The van der Waals surface area contributed by atoms with Gasteiger partial charge in [0.1, 0.15) is 18.3 Å². The Hall–Kier alpha value is -0.730. The highest BCUT2D eigenvalue weighted by molar-refractivity contribution is 5.70. The van der Waals surface area contributed by atoms with Crippen LogP contribution in [-0.4, -0.2) is 62.7 Å². The molecule has 2 fully saturated rings. The second kappa shape index (κ2) is 8.58. The van der Waals surface area contributed by atoms with Crippen LogP contribution in [0.1, 0.15) is 47.0 Å². The van der Waals surface area contributed by atoms with Gasteiger partial charge < -0.3 is 29.0 Å². The van der Waals surface area contributed by atoms with E-state index in [0.717, 1.165) is 19.4 Å². The number of hydrogen-bond donors (Lipinski definition) is 1. The van der Waals surface area contributed by atoms with E-state index < -0.39 is 12.1 Å². The Morgan fingerprint density at radius 2 is 2.04 bits per heavy atom. The van der Waals surface area contributed by atoms with Crippen LogP contribution in [0.2, 0.25) is 0 Å². The third-order valence-electron chi connectivity index (χ3n) is 4.32. The van der Waals surface area contributed by atoms with E-state index in [1.54, 1.807) is 14.0 Å². The first kappa shape index (κ1) is 19.6. The molecule has 0 amide bonds. The molecule has 0 bridgehead atoms. The Morgan fingerprint density at radius 3 is 2.67 bits per heavy atom. The van der Waals surface area contributed by atoms with Crippen molar-refractivity contribution in [3.05, 3.63) is 0 Å². The lowest BCUT2D eigenvalue weighted by atomic mass is 10.00. The van der Waals surface area contributed by atoms with Gasteiger partial charge in [0.2, 0.25) is 0 Å². The fourth-order valence-corrected chi connectivity index (χ4v) is 3.26. The minimum Gasteiger partial charge on any atom is -0.466 e. The number of carbonyl (C=O) groups is 1. The van der Waals surface area contributed by atoms with E-state index in [1.165, 1.54) is 0 Å². The van der Waals surface area contributed by atoms with Crippen LogP contribution in [0.25, 0.3) is 0 Å². The molecule has 24 heavy (non-hydrogen) atoms. The summed E-state index contributed by atoms with van der Waals surface area (Å²) in [5.41, 5.74) is 0. The summed E-state index contributed by atoms with van der Waals surface area (Å²) < 4.78 is 28.5. The Morgan fingerprint density at radius 1 is 1.29 bits per heavy atom. The number of unbranched alkanes of at least 4 members (excludes halogenated alkanes) is 1. The lowest BCUT2D eigenvalue weighted by Gasteiger charge is -2.30. The van der Waals surface area contributed by atoms with Crippen molar-refractivity contribution in [2.45, 2.75) is 83.4 Å². The fourth-order valence-electron chi connectivity index (χ4n) is 3.26. The van der Waals surface area contributed by atoms with Crippen molar-refractivity contribution in [3.63, 3.8) is 0 Å². The van der Waals surface area contributed by atoms with Gasteiger partial charge in [0.15, 0.2) is 12.1 Å². The van der Waals surface area contributed by atoms with Crippen molar-refractivity contribution >= 4 is 5.97 Å². The summed E-state index contributed by atoms with van der Waals surface area (Å²) in [6.45, 7) is 8.80. The summed E-state index contributed by atoms with van der Waals surface area (Å²) in [7, 11) is 1.63. The molecule has 0 aromatic rings. The molecule has 0 unspecified atom stereocenters. The minimum atomic E-state index is -0.691. The molecule has 2 rings (SSSR count). The number of esters is 1. The fraction of sp³-hybridized carbons (Fsp3) is 0.941. The topological polar surface area (TPSA) is 75.3 Å². The largest absolute Gasteiger partial charge is 0.466 e. The third kappa shape index (κ3) is 4.67. The molecule has 0 aromatic carbocycles. The van der Waals surface area contributed by atoms with Gasteiger partial charge in [-0.05, 0) is 33.7 Å². The van der Waals surface area contributed by atoms with E-state index in [9.17, 15) is 4.79 Å². The Bertz CT molecular complexity index is 416. The molecular formula is C17H31NO6. The summed E-state index contributed by atoms with van der Waals surface area (Å²) >= 11 is 0. The molecule has 140 valence electrons. The highest BCUT2D eigenvalue weighted by Crippen LogP contribution is 2.39. The van der Waals surface area contributed by atoms with E-state index >= 15 is 0 Å². The number of rotatable bonds is 9. The summed E-state index contributed by atoms with van der Waals surface area (Å²) in [6, 6.07) is -0.207. The first-order valence-corrected chi connectivity index (χ1v) is 8.84. The predicted molar refractivity (Wildman–Crippen MR) is 87.4 cm³/mol. The second-order valence-electron chi connectivity index (χ2n) is 6.69. The quantitative estimate of drug-likeness (QED) is 0.502. The van der Waals surface area contributed by atoms with E-state index in [2.05, 4.69) is 12.2 Å². The molecule has 2 aliphatic rings. The van der Waals surface area contributed by atoms with E-state index in [1.807, 2.05) is 13.8 Å². The standard InChI is InChI=1S/C17H31NO6/c1-6-8-9-18-11(10-12(19)21-7-2)13-14(20-5)15-16(22-13)24-17(3,4)23-15/h11,13-16,18H,6-10H2,1-5H3/t11-,13+,14-,15+,16+/m0/s1. The van der Waals surface area contributed by atoms with Crippen molar-refractivity contribution < 1.29 is 28.5 Å². The highest BCUT2D eigenvalue weighted by atomic mass is 16.8. The van der Waals surface area contributed by atoms with Gasteiger partial charge in [-0.1, -0.05) is 13.3 Å². The average molecular weight is 345 g/mol. The first-order chi connectivity index (χ1) is 11.4. The molecule has 7 heteroatoms. The van der Waals surface area contributed by atoms with Crippen molar-refractivity contribution in [3.8, 4) is 0 Å². The molecule has 2 saturated heterocycles. The maximum absolute atomic E-state index is 12.0. The Balaban J connectivity index is 2.05. The SMILES string of the molecule is CCCCN[C@@H](CC(=O)OCC)[C@H]1O[C@@H]2OC(C)(C)O[C@@H]2[C@H]1OC. The zero-order valence-electron chi connectivity index (χ0n) is 15.4. The molecule has 0 spiro atoms. The summed E-state index contributed by atoms with van der Waals surface area (Å²) in [6.07, 6.45) is 0.916. The van der Waals surface area contributed by atoms with Gasteiger partial charge in [0.05, 0.1) is 13.0 Å².